The van der Waals surface area contributed by atoms with Gasteiger partial charge in [-0.05, 0) is 74.5 Å². The molecule has 0 bridgehead atoms. The van der Waals surface area contributed by atoms with Crippen LogP contribution in [0.3, 0.4) is 0 Å². The minimum Gasteiger partial charge on any atom is -0.423 e. The van der Waals surface area contributed by atoms with Crippen LogP contribution in [0.5, 0.6) is 11.5 Å². The van der Waals surface area contributed by atoms with Gasteiger partial charge in [-0.25, -0.2) is 9.59 Å². The fourth-order valence-corrected chi connectivity index (χ4v) is 2.88. The van der Waals surface area contributed by atoms with Crippen molar-refractivity contribution in [1.82, 2.24) is 0 Å². The number of halogens is 3. The Labute approximate surface area is 218 Å². The van der Waals surface area contributed by atoms with Crippen molar-refractivity contribution in [2.75, 3.05) is 0 Å². The van der Waals surface area contributed by atoms with Crippen LogP contribution in [0, 0.1) is 23.7 Å². The number of ether oxygens (including phenoxy) is 2. The molecule has 0 spiro atoms. The highest BCUT2D eigenvalue weighted by atomic mass is 19.4. The zero-order valence-corrected chi connectivity index (χ0v) is 20.5. The fourth-order valence-electron chi connectivity index (χ4n) is 2.88. The van der Waals surface area contributed by atoms with Gasteiger partial charge in [-0.3, -0.25) is 0 Å². The van der Waals surface area contributed by atoms with Crippen molar-refractivity contribution in [3.05, 3.63) is 119 Å². The van der Waals surface area contributed by atoms with Gasteiger partial charge in [0.15, 0.2) is 0 Å². The second kappa shape index (κ2) is 11.8. The van der Waals surface area contributed by atoms with Crippen LogP contribution in [0.15, 0.2) is 91.0 Å². The van der Waals surface area contributed by atoms with E-state index in [4.69, 9.17) is 9.47 Å². The monoisotopic (exact) mass is 514 g/mol. The van der Waals surface area contributed by atoms with E-state index in [-0.39, 0.29) is 28.0 Å². The predicted molar refractivity (Wildman–Crippen MR) is 137 cm³/mol. The van der Waals surface area contributed by atoms with Crippen LogP contribution in [0.1, 0.15) is 41.7 Å². The Morgan fingerprint density at radius 1 is 0.684 bits per heavy atom. The Bertz CT molecular complexity index is 1540. The van der Waals surface area contributed by atoms with Crippen molar-refractivity contribution in [2.24, 2.45) is 0 Å². The van der Waals surface area contributed by atoms with Crippen LogP contribution >= 0.6 is 0 Å². The summed E-state index contributed by atoms with van der Waals surface area (Å²) < 4.78 is 51.6. The highest BCUT2D eigenvalue weighted by Gasteiger charge is 2.33. The van der Waals surface area contributed by atoms with Crippen LogP contribution in [0.4, 0.5) is 13.2 Å². The first-order valence-electron chi connectivity index (χ1n) is 11.1. The summed E-state index contributed by atoms with van der Waals surface area (Å²) in [6.45, 7) is 10.0. The van der Waals surface area contributed by atoms with Crippen LogP contribution in [0.2, 0.25) is 0 Å². The number of carbonyl (C=O) groups excluding carboxylic acids is 2. The highest BCUT2D eigenvalue weighted by molar-refractivity contribution is 5.89. The molecule has 0 N–H and O–H groups in total. The quantitative estimate of drug-likeness (QED) is 0.173. The van der Waals surface area contributed by atoms with E-state index in [9.17, 15) is 22.8 Å². The minimum absolute atomic E-state index is 0.148. The molecule has 0 aromatic heterocycles. The highest BCUT2D eigenvalue weighted by Crippen LogP contribution is 2.32. The average Bonchev–Trinajstić information content (AvgIpc) is 2.86. The van der Waals surface area contributed by atoms with Crippen molar-refractivity contribution < 1.29 is 32.2 Å². The van der Waals surface area contributed by atoms with Crippen molar-refractivity contribution in [1.29, 1.82) is 0 Å². The lowest BCUT2D eigenvalue weighted by Crippen LogP contribution is -2.08. The fraction of sp³-hybridized carbons (Fsp3) is 0.0968. The van der Waals surface area contributed by atoms with E-state index in [0.717, 1.165) is 6.07 Å². The van der Waals surface area contributed by atoms with Gasteiger partial charge in [-0.2, -0.15) is 13.2 Å². The van der Waals surface area contributed by atoms with E-state index in [0.29, 0.717) is 16.9 Å². The summed E-state index contributed by atoms with van der Waals surface area (Å²) in [4.78, 5) is 23.3. The predicted octanol–water partition coefficient (Wildman–Crippen LogP) is 6.47. The average molecular weight is 514 g/mol. The molecule has 38 heavy (non-hydrogen) atoms. The Balaban J connectivity index is 1.84. The summed E-state index contributed by atoms with van der Waals surface area (Å²) in [7, 11) is 0. The van der Waals surface area contributed by atoms with E-state index >= 15 is 0 Å². The maximum Gasteiger partial charge on any atom is 0.417 e. The Kier molecular flexibility index (Phi) is 8.57. The third kappa shape index (κ3) is 7.74. The van der Waals surface area contributed by atoms with Crippen molar-refractivity contribution in [3.63, 3.8) is 0 Å². The second-order valence-electron chi connectivity index (χ2n) is 8.15. The van der Waals surface area contributed by atoms with Gasteiger partial charge in [0.05, 0.1) is 5.56 Å². The molecule has 190 valence electrons. The molecule has 0 aliphatic carbocycles. The first-order valence-corrected chi connectivity index (χ1v) is 11.1. The maximum absolute atomic E-state index is 13.8. The standard InChI is InChI=1S/C31H21F3O4/c1-20(2)29(35)37-26-16-12-22(13-17-26)8-9-24-11-15-25(28(19-24)31(32,33)34)14-10-23-6-5-7-27(18-23)38-30(36)21(3)4/h5-7,11-13,15-19H,1,3H2,2,4H3. The smallest absolute Gasteiger partial charge is 0.417 e. The lowest BCUT2D eigenvalue weighted by molar-refractivity contribution is -0.137. The number of hydrogen-bond acceptors (Lipinski definition) is 4. The Morgan fingerprint density at radius 3 is 1.82 bits per heavy atom. The maximum atomic E-state index is 13.8. The molecule has 3 rings (SSSR count). The molecule has 0 fully saturated rings. The summed E-state index contributed by atoms with van der Waals surface area (Å²) >= 11 is 0. The molecule has 0 heterocycles. The van der Waals surface area contributed by atoms with E-state index in [1.165, 1.54) is 50.2 Å². The largest absolute Gasteiger partial charge is 0.423 e. The van der Waals surface area contributed by atoms with Gasteiger partial charge >= 0.3 is 18.1 Å². The van der Waals surface area contributed by atoms with E-state index in [1.54, 1.807) is 24.3 Å². The summed E-state index contributed by atoms with van der Waals surface area (Å²) in [6.07, 6.45) is -4.66. The van der Waals surface area contributed by atoms with Gasteiger partial charge in [0.2, 0.25) is 0 Å². The summed E-state index contributed by atoms with van der Waals surface area (Å²) in [5.74, 6) is 10.0. The summed E-state index contributed by atoms with van der Waals surface area (Å²) in [5.41, 5.74) is 0.339. The lowest BCUT2D eigenvalue weighted by Gasteiger charge is -2.09. The lowest BCUT2D eigenvalue weighted by atomic mass is 10.0. The zero-order chi connectivity index (χ0) is 27.9. The molecule has 0 unspecified atom stereocenters. The summed E-state index contributed by atoms with van der Waals surface area (Å²) in [6, 6.07) is 16.0. The van der Waals surface area contributed by atoms with E-state index in [1.807, 2.05) is 0 Å². The van der Waals surface area contributed by atoms with Crippen molar-refractivity contribution in [3.8, 4) is 35.2 Å². The van der Waals surface area contributed by atoms with Gasteiger partial charge in [0.25, 0.3) is 0 Å². The van der Waals surface area contributed by atoms with Crippen LogP contribution in [-0.2, 0) is 15.8 Å². The molecule has 3 aromatic rings. The molecule has 0 radical (unpaired) electrons. The van der Waals surface area contributed by atoms with Crippen LogP contribution < -0.4 is 9.47 Å². The van der Waals surface area contributed by atoms with Crippen molar-refractivity contribution >= 4 is 11.9 Å². The van der Waals surface area contributed by atoms with Gasteiger partial charge < -0.3 is 9.47 Å². The third-order valence-corrected chi connectivity index (χ3v) is 4.82. The SMILES string of the molecule is C=C(C)C(=O)Oc1ccc(C#Cc2ccc(C#Cc3cccc(OC(=O)C(=C)C)c3)c(C(F)(F)F)c2)cc1. The first-order chi connectivity index (χ1) is 17.9. The number of alkyl halides is 3. The molecule has 4 nitrogen and oxygen atoms in total. The normalized spacial score (nSPS) is 10.2. The third-order valence-electron chi connectivity index (χ3n) is 4.82. The zero-order valence-electron chi connectivity index (χ0n) is 20.5. The van der Waals surface area contributed by atoms with Crippen LogP contribution in [0.25, 0.3) is 0 Å². The number of hydrogen-bond donors (Lipinski definition) is 0. The Hall–Kier alpha value is -5.01. The molecule has 0 saturated carbocycles. The van der Waals surface area contributed by atoms with E-state index in [2.05, 4.69) is 36.8 Å². The van der Waals surface area contributed by atoms with Gasteiger partial charge in [0.1, 0.15) is 11.5 Å². The summed E-state index contributed by atoms with van der Waals surface area (Å²) in [5, 5.41) is 0. The molecular weight excluding hydrogens is 493 g/mol. The number of rotatable bonds is 4. The van der Waals surface area contributed by atoms with Crippen LogP contribution in [-0.4, -0.2) is 11.9 Å². The number of esters is 2. The second-order valence-corrected chi connectivity index (χ2v) is 8.15. The van der Waals surface area contributed by atoms with Gasteiger partial charge in [-0.1, -0.05) is 42.9 Å². The molecule has 0 amide bonds. The van der Waals surface area contributed by atoms with E-state index < -0.39 is 23.7 Å². The Morgan fingerprint density at radius 2 is 1.21 bits per heavy atom. The molecule has 3 aromatic carbocycles. The molecule has 7 heteroatoms. The molecular formula is C31H21F3O4. The molecule has 0 aliphatic heterocycles. The van der Waals surface area contributed by atoms with Gasteiger partial charge in [-0.15, -0.1) is 0 Å². The number of carbonyl (C=O) groups is 2. The van der Waals surface area contributed by atoms with Crippen molar-refractivity contribution in [2.45, 2.75) is 20.0 Å². The number of benzene rings is 3. The molecule has 0 aliphatic rings. The molecule has 0 atom stereocenters. The van der Waals surface area contributed by atoms with Gasteiger partial charge in [0, 0.05) is 33.4 Å². The topological polar surface area (TPSA) is 52.6 Å². The minimum atomic E-state index is -4.66. The first kappa shape index (κ1) is 27.6. The molecule has 0 saturated heterocycles.